The Morgan fingerprint density at radius 2 is 1.88 bits per heavy atom. The van der Waals surface area contributed by atoms with Gasteiger partial charge in [-0.05, 0) is 37.8 Å². The molecule has 1 heterocycles. The van der Waals surface area contributed by atoms with E-state index in [0.29, 0.717) is 24.1 Å². The number of alkyl halides is 5. The van der Waals surface area contributed by atoms with Gasteiger partial charge in [0.1, 0.15) is 0 Å². The highest BCUT2D eigenvalue weighted by molar-refractivity contribution is 7.12. The number of aryl methyl sites for hydroxylation is 1. The topological polar surface area (TPSA) is 46.5 Å². The Morgan fingerprint density at radius 1 is 1.20 bits per heavy atom. The molecule has 0 spiro atoms. The van der Waals surface area contributed by atoms with Gasteiger partial charge in [-0.25, -0.2) is 0 Å². The monoisotopic (exact) mass is 388 g/mol. The maximum Gasteiger partial charge on any atom is 0.453 e. The van der Waals surface area contributed by atoms with Gasteiger partial charge in [-0.15, -0.1) is 11.3 Å². The highest BCUT2D eigenvalue weighted by atomic mass is 32.1. The zero-order chi connectivity index (χ0) is 19.1. The van der Waals surface area contributed by atoms with Gasteiger partial charge < -0.3 is 9.84 Å². The van der Waals surface area contributed by atoms with E-state index in [0.717, 1.165) is 4.88 Å². The molecule has 0 aromatic carbocycles. The molecular formula is C16H21F5O3S. The molecule has 25 heavy (non-hydrogen) atoms. The van der Waals surface area contributed by atoms with Crippen LogP contribution in [-0.2, 0) is 16.0 Å². The lowest BCUT2D eigenvalue weighted by atomic mass is 10.1. The van der Waals surface area contributed by atoms with Crippen LogP contribution in [0.5, 0.6) is 0 Å². The third kappa shape index (κ3) is 7.27. The number of hydrogen-bond donors (Lipinski definition) is 1. The van der Waals surface area contributed by atoms with Gasteiger partial charge in [0.25, 0.3) is 0 Å². The van der Waals surface area contributed by atoms with Crippen molar-refractivity contribution in [2.24, 2.45) is 0 Å². The number of hydrogen-bond acceptors (Lipinski definition) is 4. The van der Waals surface area contributed by atoms with Crippen LogP contribution in [0.4, 0.5) is 22.0 Å². The molecule has 0 bridgehead atoms. The Balaban J connectivity index is 2.34. The Bertz CT molecular complexity index is 542. The van der Waals surface area contributed by atoms with Crippen molar-refractivity contribution in [1.29, 1.82) is 0 Å². The predicted octanol–water partition coefficient (Wildman–Crippen LogP) is 5.04. The second kappa shape index (κ2) is 9.47. The minimum atomic E-state index is -5.53. The quantitative estimate of drug-likeness (QED) is 0.347. The second-order valence-corrected chi connectivity index (χ2v) is 6.90. The summed E-state index contributed by atoms with van der Waals surface area (Å²) in [5.41, 5.74) is 0. The molecule has 1 aromatic heterocycles. The highest BCUT2D eigenvalue weighted by Crippen LogP contribution is 2.39. The molecule has 1 N–H and O–H groups in total. The molecule has 9 heteroatoms. The molecule has 0 saturated heterocycles. The smallest absolute Gasteiger partial charge is 0.453 e. The minimum absolute atomic E-state index is 0.0718. The van der Waals surface area contributed by atoms with Gasteiger partial charge in [0.05, 0.1) is 13.2 Å². The summed E-state index contributed by atoms with van der Waals surface area (Å²) in [5, 5.41) is 10.0. The fourth-order valence-corrected chi connectivity index (χ4v) is 3.26. The van der Waals surface area contributed by atoms with E-state index in [1.165, 1.54) is 18.4 Å². The van der Waals surface area contributed by atoms with E-state index in [4.69, 9.17) is 0 Å². The van der Waals surface area contributed by atoms with Crippen LogP contribution in [0.1, 0.15) is 54.4 Å². The standard InChI is InChI=1S/C16H21F5O3S/c1-24-14(23)7-4-5-11-8-9-13(25-11)12(22)6-2-3-10-15(17,18)16(19,20)21/h8-9,12,22H,2-7,10H2,1H3. The molecule has 0 aliphatic heterocycles. The lowest BCUT2D eigenvalue weighted by Gasteiger charge is -2.19. The average Bonchev–Trinajstić information content (AvgIpc) is 2.99. The molecule has 144 valence electrons. The van der Waals surface area contributed by atoms with Crippen LogP contribution in [0, 0.1) is 0 Å². The molecule has 1 unspecified atom stereocenters. The number of unbranched alkanes of at least 4 members (excludes halogenated alkanes) is 1. The molecule has 1 aromatic rings. The van der Waals surface area contributed by atoms with Crippen LogP contribution < -0.4 is 0 Å². The van der Waals surface area contributed by atoms with Crippen LogP contribution in [0.3, 0.4) is 0 Å². The number of methoxy groups -OCH3 is 1. The van der Waals surface area contributed by atoms with Crippen molar-refractivity contribution < 1.29 is 36.6 Å². The first-order chi connectivity index (χ1) is 11.6. The van der Waals surface area contributed by atoms with Gasteiger partial charge in [0.2, 0.25) is 0 Å². The van der Waals surface area contributed by atoms with E-state index in [2.05, 4.69) is 4.74 Å². The number of esters is 1. The first-order valence-electron chi connectivity index (χ1n) is 7.85. The molecule has 0 fully saturated rings. The number of aliphatic hydroxyl groups excluding tert-OH is 1. The highest BCUT2D eigenvalue weighted by Gasteiger charge is 2.56. The molecule has 0 aliphatic carbocycles. The number of rotatable bonds is 10. The Hall–Kier alpha value is -1.22. The van der Waals surface area contributed by atoms with Crippen molar-refractivity contribution in [3.63, 3.8) is 0 Å². The van der Waals surface area contributed by atoms with E-state index < -0.39 is 24.6 Å². The van der Waals surface area contributed by atoms with Crippen LogP contribution in [0.15, 0.2) is 12.1 Å². The summed E-state index contributed by atoms with van der Waals surface area (Å²) in [6.45, 7) is 0. The number of halogens is 5. The van der Waals surface area contributed by atoms with E-state index in [1.54, 1.807) is 12.1 Å². The maximum absolute atomic E-state index is 12.8. The summed E-state index contributed by atoms with van der Waals surface area (Å²) in [7, 11) is 1.31. The molecule has 3 nitrogen and oxygen atoms in total. The van der Waals surface area contributed by atoms with E-state index >= 15 is 0 Å². The van der Waals surface area contributed by atoms with Crippen molar-refractivity contribution in [3.8, 4) is 0 Å². The van der Waals surface area contributed by atoms with E-state index in [9.17, 15) is 31.9 Å². The number of ether oxygens (including phenoxy) is 1. The third-order valence-corrected chi connectivity index (χ3v) is 4.92. The minimum Gasteiger partial charge on any atom is -0.469 e. The summed E-state index contributed by atoms with van der Waals surface area (Å²) in [4.78, 5) is 12.6. The van der Waals surface area contributed by atoms with Crippen LogP contribution in [0.2, 0.25) is 0 Å². The van der Waals surface area contributed by atoms with Crippen molar-refractivity contribution in [2.75, 3.05) is 7.11 Å². The zero-order valence-corrected chi connectivity index (χ0v) is 14.6. The maximum atomic E-state index is 12.8. The SMILES string of the molecule is COC(=O)CCCc1ccc(C(O)CCCCC(F)(F)C(F)(F)F)s1. The average molecular weight is 388 g/mol. The third-order valence-electron chi connectivity index (χ3n) is 3.68. The molecule has 0 saturated carbocycles. The van der Waals surface area contributed by atoms with Crippen molar-refractivity contribution >= 4 is 17.3 Å². The fourth-order valence-electron chi connectivity index (χ4n) is 2.19. The van der Waals surface area contributed by atoms with Gasteiger partial charge in [-0.1, -0.05) is 6.42 Å². The summed E-state index contributed by atoms with van der Waals surface area (Å²) < 4.78 is 66.2. The van der Waals surface area contributed by atoms with E-state index in [-0.39, 0.29) is 25.2 Å². The van der Waals surface area contributed by atoms with Gasteiger partial charge >= 0.3 is 18.1 Å². The van der Waals surface area contributed by atoms with Gasteiger partial charge in [0, 0.05) is 22.6 Å². The fraction of sp³-hybridized carbons (Fsp3) is 0.688. The number of carbonyl (C=O) groups excluding carboxylic acids is 1. The van der Waals surface area contributed by atoms with Crippen molar-refractivity contribution in [2.45, 2.75) is 63.1 Å². The first kappa shape index (κ1) is 21.8. The summed E-state index contributed by atoms with van der Waals surface area (Å²) in [6.07, 6.45) is -6.28. The van der Waals surface area contributed by atoms with Gasteiger partial charge in [0.15, 0.2) is 0 Å². The lowest BCUT2D eigenvalue weighted by molar-refractivity contribution is -0.284. The normalized spacial score (nSPS) is 13.7. The van der Waals surface area contributed by atoms with Crippen molar-refractivity contribution in [1.82, 2.24) is 0 Å². The predicted molar refractivity (Wildman–Crippen MR) is 83.7 cm³/mol. The summed E-state index contributed by atoms with van der Waals surface area (Å²) in [5.74, 6) is -4.99. The van der Waals surface area contributed by atoms with Crippen LogP contribution in [-0.4, -0.2) is 30.3 Å². The zero-order valence-electron chi connectivity index (χ0n) is 13.7. The second-order valence-electron chi connectivity index (χ2n) is 5.70. The van der Waals surface area contributed by atoms with Crippen molar-refractivity contribution in [3.05, 3.63) is 21.9 Å². The largest absolute Gasteiger partial charge is 0.469 e. The molecular weight excluding hydrogens is 367 g/mol. The number of carbonyl (C=O) groups is 1. The molecule has 0 radical (unpaired) electrons. The first-order valence-corrected chi connectivity index (χ1v) is 8.66. The lowest BCUT2D eigenvalue weighted by Crippen LogP contribution is -2.36. The molecule has 1 rings (SSSR count). The molecule has 0 aliphatic rings. The van der Waals surface area contributed by atoms with Crippen LogP contribution in [0.25, 0.3) is 0 Å². The summed E-state index contributed by atoms with van der Waals surface area (Å²) >= 11 is 1.34. The Kier molecular flexibility index (Phi) is 8.27. The van der Waals surface area contributed by atoms with Crippen LogP contribution >= 0.6 is 11.3 Å². The van der Waals surface area contributed by atoms with E-state index in [1.807, 2.05) is 0 Å². The Labute approximate surface area is 146 Å². The Morgan fingerprint density at radius 3 is 2.48 bits per heavy atom. The molecule has 0 amide bonds. The number of aliphatic hydroxyl groups is 1. The van der Waals surface area contributed by atoms with Gasteiger partial charge in [-0.3, -0.25) is 4.79 Å². The molecule has 1 atom stereocenters. The van der Waals surface area contributed by atoms with Gasteiger partial charge in [-0.2, -0.15) is 22.0 Å². The number of thiophene rings is 1. The summed E-state index contributed by atoms with van der Waals surface area (Å²) in [6, 6.07) is 3.51.